The summed E-state index contributed by atoms with van der Waals surface area (Å²) in [5, 5.41) is 0. The second kappa shape index (κ2) is 5.22. The van der Waals surface area contributed by atoms with Gasteiger partial charge in [-0.2, -0.15) is 0 Å². The molecule has 0 fully saturated rings. The first kappa shape index (κ1) is 10.5. The molecule has 1 rings (SSSR count). The minimum Gasteiger partial charge on any atom is -0.373 e. The molecule has 0 saturated carbocycles. The molecule has 0 unspecified atom stereocenters. The first-order valence-electron chi connectivity index (χ1n) is 4.55. The van der Waals surface area contributed by atoms with Crippen LogP contribution in [0.3, 0.4) is 0 Å². The summed E-state index contributed by atoms with van der Waals surface area (Å²) >= 11 is 3.41. The Labute approximate surface area is 88.1 Å². The number of pyridine rings is 1. The average molecular weight is 243 g/mol. The highest BCUT2D eigenvalue weighted by atomic mass is 79.9. The van der Waals surface area contributed by atoms with E-state index in [0.717, 1.165) is 11.0 Å². The largest absolute Gasteiger partial charge is 0.373 e. The lowest BCUT2D eigenvalue weighted by Crippen LogP contribution is -2.18. The topological polar surface area (TPSA) is 16.1 Å². The van der Waals surface area contributed by atoms with Crippen LogP contribution < -0.4 is 4.90 Å². The van der Waals surface area contributed by atoms with E-state index in [4.69, 9.17) is 0 Å². The Kier molecular flexibility index (Phi) is 4.22. The monoisotopic (exact) mass is 242 g/mol. The lowest BCUT2D eigenvalue weighted by atomic mass is 10.3. The van der Waals surface area contributed by atoms with E-state index in [1.807, 2.05) is 6.20 Å². The zero-order valence-corrected chi connectivity index (χ0v) is 9.71. The summed E-state index contributed by atoms with van der Waals surface area (Å²) < 4.78 is 1.04. The summed E-state index contributed by atoms with van der Waals surface area (Å²) in [4.78, 5) is 6.35. The molecule has 0 amide bonds. The lowest BCUT2D eigenvalue weighted by molar-refractivity contribution is 0.765. The van der Waals surface area contributed by atoms with Gasteiger partial charge in [0.2, 0.25) is 0 Å². The maximum absolute atomic E-state index is 4.12. The SMILES string of the molecule is CCCCN(C)c1cncc(Br)c1. The zero-order valence-electron chi connectivity index (χ0n) is 8.13. The Balaban J connectivity index is 2.60. The molecule has 13 heavy (non-hydrogen) atoms. The molecule has 1 heterocycles. The van der Waals surface area contributed by atoms with Gasteiger partial charge in [0.15, 0.2) is 0 Å². The number of hydrogen-bond donors (Lipinski definition) is 0. The van der Waals surface area contributed by atoms with Crippen molar-refractivity contribution in [2.45, 2.75) is 19.8 Å². The van der Waals surface area contributed by atoms with Crippen LogP contribution in [-0.2, 0) is 0 Å². The summed E-state index contributed by atoms with van der Waals surface area (Å²) in [6, 6.07) is 2.09. The first-order valence-corrected chi connectivity index (χ1v) is 5.35. The van der Waals surface area contributed by atoms with Crippen molar-refractivity contribution < 1.29 is 0 Å². The van der Waals surface area contributed by atoms with Gasteiger partial charge in [-0.25, -0.2) is 0 Å². The molecule has 0 atom stereocenters. The van der Waals surface area contributed by atoms with Gasteiger partial charge in [-0.15, -0.1) is 0 Å². The molecule has 1 aromatic heterocycles. The second-order valence-corrected chi connectivity index (χ2v) is 4.05. The van der Waals surface area contributed by atoms with Crippen molar-refractivity contribution in [2.24, 2.45) is 0 Å². The number of aromatic nitrogens is 1. The van der Waals surface area contributed by atoms with Crippen LogP contribution in [-0.4, -0.2) is 18.6 Å². The lowest BCUT2D eigenvalue weighted by Gasteiger charge is -2.18. The van der Waals surface area contributed by atoms with E-state index in [-0.39, 0.29) is 0 Å². The predicted octanol–water partition coefficient (Wildman–Crippen LogP) is 3.08. The van der Waals surface area contributed by atoms with E-state index in [1.54, 1.807) is 6.20 Å². The van der Waals surface area contributed by atoms with Crippen LogP contribution in [0.4, 0.5) is 5.69 Å². The normalized spacial score (nSPS) is 10.1. The van der Waals surface area contributed by atoms with Gasteiger partial charge in [-0.1, -0.05) is 13.3 Å². The molecule has 0 N–H and O–H groups in total. The Morgan fingerprint density at radius 1 is 1.46 bits per heavy atom. The number of anilines is 1. The molecule has 1 aromatic rings. The van der Waals surface area contributed by atoms with Gasteiger partial charge >= 0.3 is 0 Å². The molecule has 0 aliphatic heterocycles. The summed E-state index contributed by atoms with van der Waals surface area (Å²) in [5.74, 6) is 0. The maximum Gasteiger partial charge on any atom is 0.0561 e. The van der Waals surface area contributed by atoms with E-state index in [1.165, 1.54) is 18.5 Å². The fourth-order valence-corrected chi connectivity index (χ4v) is 1.49. The molecule has 0 bridgehead atoms. The standard InChI is InChI=1S/C10H15BrN2/c1-3-4-5-13(2)10-6-9(11)7-12-8-10/h6-8H,3-5H2,1-2H3. The zero-order chi connectivity index (χ0) is 9.68. The molecule has 72 valence electrons. The van der Waals surface area contributed by atoms with Gasteiger partial charge in [0.25, 0.3) is 0 Å². The van der Waals surface area contributed by atoms with Crippen molar-refractivity contribution in [1.82, 2.24) is 4.98 Å². The Morgan fingerprint density at radius 3 is 2.85 bits per heavy atom. The van der Waals surface area contributed by atoms with E-state index in [0.29, 0.717) is 0 Å². The minimum atomic E-state index is 1.04. The first-order chi connectivity index (χ1) is 6.24. The molecule has 0 aliphatic carbocycles. The van der Waals surface area contributed by atoms with Crippen LogP contribution in [0, 0.1) is 0 Å². The summed E-state index contributed by atoms with van der Waals surface area (Å²) in [7, 11) is 2.10. The summed E-state index contributed by atoms with van der Waals surface area (Å²) in [5.41, 5.74) is 1.17. The predicted molar refractivity (Wildman–Crippen MR) is 60.1 cm³/mol. The van der Waals surface area contributed by atoms with Crippen LogP contribution >= 0.6 is 15.9 Å². The highest BCUT2D eigenvalue weighted by Gasteiger charge is 2.00. The molecule has 0 aromatic carbocycles. The van der Waals surface area contributed by atoms with Crippen molar-refractivity contribution in [1.29, 1.82) is 0 Å². The van der Waals surface area contributed by atoms with Gasteiger partial charge in [-0.3, -0.25) is 4.98 Å². The number of rotatable bonds is 4. The fraction of sp³-hybridized carbons (Fsp3) is 0.500. The Morgan fingerprint density at radius 2 is 2.23 bits per heavy atom. The molecule has 0 radical (unpaired) electrons. The maximum atomic E-state index is 4.12. The summed E-state index contributed by atoms with van der Waals surface area (Å²) in [6.45, 7) is 3.29. The van der Waals surface area contributed by atoms with Crippen molar-refractivity contribution >= 4 is 21.6 Å². The number of unbranched alkanes of at least 4 members (excludes halogenated alkanes) is 1. The van der Waals surface area contributed by atoms with E-state index in [9.17, 15) is 0 Å². The summed E-state index contributed by atoms with van der Waals surface area (Å²) in [6.07, 6.45) is 6.15. The van der Waals surface area contributed by atoms with Gasteiger partial charge in [0.1, 0.15) is 0 Å². The Bertz CT molecular complexity index is 263. The van der Waals surface area contributed by atoms with Crippen LogP contribution in [0.25, 0.3) is 0 Å². The molecule has 0 saturated heterocycles. The molecule has 2 nitrogen and oxygen atoms in total. The molecule has 0 aliphatic rings. The van der Waals surface area contributed by atoms with Gasteiger partial charge in [-0.05, 0) is 28.4 Å². The Hall–Kier alpha value is -0.570. The van der Waals surface area contributed by atoms with Crippen molar-refractivity contribution in [3.8, 4) is 0 Å². The quantitative estimate of drug-likeness (QED) is 0.807. The number of nitrogens with zero attached hydrogens (tertiary/aromatic N) is 2. The third kappa shape index (κ3) is 3.35. The van der Waals surface area contributed by atoms with E-state index in [2.05, 4.69) is 45.9 Å². The van der Waals surface area contributed by atoms with Gasteiger partial charge < -0.3 is 4.90 Å². The van der Waals surface area contributed by atoms with E-state index < -0.39 is 0 Å². The van der Waals surface area contributed by atoms with Crippen LogP contribution in [0.5, 0.6) is 0 Å². The van der Waals surface area contributed by atoms with Crippen molar-refractivity contribution in [3.05, 3.63) is 22.9 Å². The third-order valence-corrected chi connectivity index (χ3v) is 2.41. The number of halogens is 1. The molecule has 3 heteroatoms. The van der Waals surface area contributed by atoms with Gasteiger partial charge in [0.05, 0.1) is 11.9 Å². The highest BCUT2D eigenvalue weighted by molar-refractivity contribution is 9.10. The average Bonchev–Trinajstić information content (AvgIpc) is 2.14. The fourth-order valence-electron chi connectivity index (χ4n) is 1.13. The van der Waals surface area contributed by atoms with Crippen LogP contribution in [0.1, 0.15) is 19.8 Å². The minimum absolute atomic E-state index is 1.04. The third-order valence-electron chi connectivity index (χ3n) is 1.98. The van der Waals surface area contributed by atoms with Crippen LogP contribution in [0.15, 0.2) is 22.9 Å². The molecular weight excluding hydrogens is 228 g/mol. The molecular formula is C10H15BrN2. The smallest absolute Gasteiger partial charge is 0.0561 e. The van der Waals surface area contributed by atoms with Crippen LogP contribution in [0.2, 0.25) is 0 Å². The number of hydrogen-bond acceptors (Lipinski definition) is 2. The highest BCUT2D eigenvalue weighted by Crippen LogP contribution is 2.17. The van der Waals surface area contributed by atoms with E-state index >= 15 is 0 Å². The second-order valence-electron chi connectivity index (χ2n) is 3.14. The molecule has 0 spiro atoms. The van der Waals surface area contributed by atoms with Gasteiger partial charge in [0, 0.05) is 24.3 Å². The van der Waals surface area contributed by atoms with Crippen molar-refractivity contribution in [3.63, 3.8) is 0 Å². The van der Waals surface area contributed by atoms with Crippen molar-refractivity contribution in [2.75, 3.05) is 18.5 Å².